The molecule has 0 N–H and O–H groups in total. The van der Waals surface area contributed by atoms with Crippen LogP contribution in [-0.4, -0.2) is 20.1 Å². The van der Waals surface area contributed by atoms with Crippen LogP contribution in [0.4, 0.5) is 17.2 Å². The molecule has 4 aliphatic rings. The number of hydrogen-bond acceptors (Lipinski definition) is 5. The van der Waals surface area contributed by atoms with E-state index in [0.29, 0.717) is 11.5 Å². The van der Waals surface area contributed by atoms with Crippen LogP contribution < -0.4 is 14.5 Å². The second-order valence-electron chi connectivity index (χ2n) is 13.8. The van der Waals surface area contributed by atoms with Crippen LogP contribution in [0, 0.1) is 24.7 Å². The van der Waals surface area contributed by atoms with Crippen LogP contribution in [0.1, 0.15) is 52.0 Å². The molecule has 10 rings (SSSR count). The van der Waals surface area contributed by atoms with Crippen LogP contribution in [0.3, 0.4) is 0 Å². The van der Waals surface area contributed by atoms with E-state index < -0.39 is 0 Å². The molecule has 0 amide bonds. The Morgan fingerprint density at radius 1 is 0.870 bits per heavy atom. The minimum atomic E-state index is 0. The molecular weight excluding hydrogens is 750 g/mol. The number of anilines is 3. The Balaban J connectivity index is 0.00000312. The molecule has 7 heteroatoms. The molecule has 3 aromatic heterocycles. The van der Waals surface area contributed by atoms with Gasteiger partial charge in [-0.1, -0.05) is 50.2 Å². The molecule has 0 spiro atoms. The second kappa shape index (κ2) is 10.7. The van der Waals surface area contributed by atoms with Crippen molar-refractivity contribution in [2.45, 2.75) is 57.4 Å². The van der Waals surface area contributed by atoms with E-state index >= 15 is 0 Å². The number of rotatable bonds is 5. The maximum absolute atomic E-state index is 6.47. The predicted octanol–water partition coefficient (Wildman–Crippen LogP) is 9.28. The van der Waals surface area contributed by atoms with E-state index in [1.807, 2.05) is 36.7 Å². The summed E-state index contributed by atoms with van der Waals surface area (Å²) in [6.45, 7) is 8.90. The molecule has 3 saturated carbocycles. The zero-order chi connectivity index (χ0) is 30.3. The Labute approximate surface area is 284 Å². The first kappa shape index (κ1) is 29.3. The minimum Gasteiger partial charge on any atom is -0.509 e. The number of para-hydroxylation sites is 1. The Bertz CT molecular complexity index is 2100. The van der Waals surface area contributed by atoms with Crippen LogP contribution in [0.15, 0.2) is 91.3 Å². The standard InChI is InChI=1S/C39H34N5O.Pt/c1-38(2,3)27-16-19-40-36(20-27)44-33-11-5-4-10-31(33)32-14-13-30(22-35(32)44)45-29-9-6-8-28(21-29)42-25-43(34-12-7-18-41-37(34)42)39-17-15-26(23-39)24-39;/h4-14,16,18-20,25-26H,15,17,23-24H2,1-3H3;/q-3;. The summed E-state index contributed by atoms with van der Waals surface area (Å²) in [5, 5.41) is 2.27. The zero-order valence-corrected chi connectivity index (χ0v) is 28.4. The fourth-order valence-corrected chi connectivity index (χ4v) is 7.70. The Morgan fingerprint density at radius 3 is 2.54 bits per heavy atom. The largest absolute Gasteiger partial charge is 0.509 e. The molecule has 3 aromatic carbocycles. The van der Waals surface area contributed by atoms with Gasteiger partial charge in [-0.2, -0.15) is 12.1 Å². The fourth-order valence-electron chi connectivity index (χ4n) is 7.70. The third-order valence-corrected chi connectivity index (χ3v) is 9.98. The summed E-state index contributed by atoms with van der Waals surface area (Å²) in [5.74, 6) is 3.95. The van der Waals surface area contributed by atoms with Crippen LogP contribution in [0.25, 0.3) is 27.6 Å². The normalized spacial score (nSPS) is 20.1. The van der Waals surface area contributed by atoms with Gasteiger partial charge in [0, 0.05) is 56.0 Å². The molecule has 0 radical (unpaired) electrons. The third kappa shape index (κ3) is 4.56. The van der Waals surface area contributed by atoms with Gasteiger partial charge in [0.2, 0.25) is 0 Å². The van der Waals surface area contributed by atoms with Crippen molar-refractivity contribution in [2.75, 3.05) is 9.80 Å². The fraction of sp³-hybridized carbons (Fsp3) is 0.256. The molecule has 46 heavy (non-hydrogen) atoms. The number of nitrogens with zero attached hydrogens (tertiary/aromatic N) is 5. The first-order valence-electron chi connectivity index (χ1n) is 15.9. The van der Waals surface area contributed by atoms with Crippen molar-refractivity contribution in [2.24, 2.45) is 5.92 Å². The molecular formula is C39H34N5OPt-3. The predicted molar refractivity (Wildman–Crippen MR) is 179 cm³/mol. The molecule has 0 saturated heterocycles. The van der Waals surface area contributed by atoms with Crippen LogP contribution in [-0.2, 0) is 26.5 Å². The summed E-state index contributed by atoms with van der Waals surface area (Å²) in [6.07, 6.45) is 8.87. The third-order valence-electron chi connectivity index (χ3n) is 9.98. The van der Waals surface area contributed by atoms with Gasteiger partial charge in [-0.25, -0.2) is 9.97 Å². The van der Waals surface area contributed by atoms with Gasteiger partial charge in [0.25, 0.3) is 0 Å². The van der Waals surface area contributed by atoms with Gasteiger partial charge in [-0.15, -0.1) is 42.4 Å². The quantitative estimate of drug-likeness (QED) is 0.163. The van der Waals surface area contributed by atoms with Crippen LogP contribution >= 0.6 is 0 Å². The van der Waals surface area contributed by atoms with Gasteiger partial charge in [0.05, 0.1) is 5.69 Å². The van der Waals surface area contributed by atoms with E-state index in [1.165, 1.54) is 36.9 Å². The molecule has 0 unspecified atom stereocenters. The number of benzene rings is 3. The van der Waals surface area contributed by atoms with Gasteiger partial charge in [-0.05, 0) is 78.3 Å². The maximum atomic E-state index is 6.47. The van der Waals surface area contributed by atoms with Crippen molar-refractivity contribution in [3.63, 3.8) is 0 Å². The van der Waals surface area contributed by atoms with E-state index in [2.05, 4.69) is 109 Å². The smallest absolute Gasteiger partial charge is 0.135 e. The first-order valence-corrected chi connectivity index (χ1v) is 15.9. The number of aromatic nitrogens is 3. The van der Waals surface area contributed by atoms with E-state index in [4.69, 9.17) is 14.7 Å². The molecule has 6 aromatic rings. The Hall–Kier alpha value is -4.15. The molecule has 6 nitrogen and oxygen atoms in total. The monoisotopic (exact) mass is 783 g/mol. The van der Waals surface area contributed by atoms with Gasteiger partial charge in [0.1, 0.15) is 11.6 Å². The van der Waals surface area contributed by atoms with Crippen molar-refractivity contribution in [3.05, 3.63) is 116 Å². The summed E-state index contributed by atoms with van der Waals surface area (Å²) >= 11 is 0. The number of hydrogen-bond donors (Lipinski definition) is 0. The molecule has 4 heterocycles. The van der Waals surface area contributed by atoms with E-state index in [1.54, 1.807) is 0 Å². The maximum Gasteiger partial charge on any atom is 0.135 e. The molecule has 2 bridgehead atoms. The van der Waals surface area contributed by atoms with Crippen LogP contribution in [0.5, 0.6) is 11.5 Å². The van der Waals surface area contributed by atoms with Gasteiger partial charge in [-0.3, -0.25) is 0 Å². The summed E-state index contributed by atoms with van der Waals surface area (Å²) in [6, 6.07) is 34.2. The van der Waals surface area contributed by atoms with E-state index in [0.717, 1.165) is 45.0 Å². The summed E-state index contributed by atoms with van der Waals surface area (Å²) in [4.78, 5) is 14.2. The Kier molecular flexibility index (Phi) is 6.81. The van der Waals surface area contributed by atoms with Crippen molar-refractivity contribution >= 4 is 39.0 Å². The molecule has 234 valence electrons. The van der Waals surface area contributed by atoms with Crippen LogP contribution in [0.2, 0.25) is 0 Å². The molecule has 3 fully saturated rings. The van der Waals surface area contributed by atoms with Gasteiger partial charge >= 0.3 is 0 Å². The Morgan fingerprint density at radius 2 is 1.72 bits per heavy atom. The molecule has 0 atom stereocenters. The number of fused-ring (bicyclic) bond motifs is 5. The average molecular weight is 784 g/mol. The van der Waals surface area contributed by atoms with Gasteiger partial charge < -0.3 is 19.1 Å². The van der Waals surface area contributed by atoms with E-state index in [9.17, 15) is 0 Å². The average Bonchev–Trinajstić information content (AvgIpc) is 3.81. The van der Waals surface area contributed by atoms with Crippen molar-refractivity contribution in [1.29, 1.82) is 0 Å². The zero-order valence-electron chi connectivity index (χ0n) is 26.1. The van der Waals surface area contributed by atoms with Crippen molar-refractivity contribution in [3.8, 4) is 17.3 Å². The van der Waals surface area contributed by atoms with Crippen molar-refractivity contribution in [1.82, 2.24) is 14.5 Å². The second-order valence-corrected chi connectivity index (χ2v) is 13.8. The summed E-state index contributed by atoms with van der Waals surface area (Å²) in [5.41, 5.74) is 5.57. The topological polar surface area (TPSA) is 46.4 Å². The van der Waals surface area contributed by atoms with E-state index in [-0.39, 0.29) is 32.0 Å². The van der Waals surface area contributed by atoms with Gasteiger partial charge in [0.15, 0.2) is 0 Å². The summed E-state index contributed by atoms with van der Waals surface area (Å²) in [7, 11) is 0. The minimum absolute atomic E-state index is 0. The summed E-state index contributed by atoms with van der Waals surface area (Å²) < 4.78 is 8.67. The first-order chi connectivity index (χ1) is 21.9. The van der Waals surface area contributed by atoms with Crippen molar-refractivity contribution < 1.29 is 25.8 Å². The number of ether oxygens (including phenoxy) is 1. The number of pyridine rings is 2. The SMILES string of the molecule is CC(C)(C)c1ccnc(-n2c3[c-]c(Oc4[c-]c(N5[CH-]N(C67CCC(C6)C7)c6cccnc65)ccc4)ccc3c3ccccc32)c1.[Pt]. The molecule has 1 aliphatic heterocycles. The molecule has 3 aliphatic carbocycles.